The third-order valence-electron chi connectivity index (χ3n) is 4.91. The molecule has 1 amide bonds. The summed E-state index contributed by atoms with van der Waals surface area (Å²) in [6.45, 7) is 4.85. The summed E-state index contributed by atoms with van der Waals surface area (Å²) in [6, 6.07) is 20.1. The lowest BCUT2D eigenvalue weighted by atomic mass is 10.1. The number of hydrogen-bond acceptors (Lipinski definition) is 6. The highest BCUT2D eigenvalue weighted by Gasteiger charge is 2.15. The van der Waals surface area contributed by atoms with Crippen LogP contribution in [0.4, 0.5) is 5.69 Å². The SMILES string of the molecule is CCn1c(SCC(=O)Nc2ccc(SCc3cccnc3)cc2)nnc1-c1cccc(C)c1. The van der Waals surface area contributed by atoms with Crippen molar-refractivity contribution < 1.29 is 4.79 Å². The van der Waals surface area contributed by atoms with Gasteiger partial charge in [-0.05, 0) is 55.8 Å². The Labute approximate surface area is 202 Å². The summed E-state index contributed by atoms with van der Waals surface area (Å²) >= 11 is 3.13. The summed E-state index contributed by atoms with van der Waals surface area (Å²) in [7, 11) is 0. The van der Waals surface area contributed by atoms with Crippen LogP contribution >= 0.6 is 23.5 Å². The molecule has 0 unspecified atom stereocenters. The van der Waals surface area contributed by atoms with Gasteiger partial charge in [-0.1, -0.05) is 41.6 Å². The van der Waals surface area contributed by atoms with Gasteiger partial charge < -0.3 is 9.88 Å². The van der Waals surface area contributed by atoms with Gasteiger partial charge >= 0.3 is 0 Å². The van der Waals surface area contributed by atoms with Crippen LogP contribution < -0.4 is 5.32 Å². The van der Waals surface area contributed by atoms with Gasteiger partial charge in [0.25, 0.3) is 0 Å². The number of pyridine rings is 1. The molecule has 2 heterocycles. The molecule has 0 aliphatic heterocycles. The first-order valence-corrected chi connectivity index (χ1v) is 12.6. The lowest BCUT2D eigenvalue weighted by Gasteiger charge is -2.09. The van der Waals surface area contributed by atoms with E-state index in [-0.39, 0.29) is 11.7 Å². The molecular weight excluding hydrogens is 450 g/mol. The Morgan fingerprint density at radius 3 is 2.61 bits per heavy atom. The minimum Gasteiger partial charge on any atom is -0.325 e. The molecule has 0 bridgehead atoms. The third kappa shape index (κ3) is 6.24. The monoisotopic (exact) mass is 475 g/mol. The number of carbonyl (C=O) groups excluding carboxylic acids is 1. The van der Waals surface area contributed by atoms with Crippen LogP contribution in [-0.2, 0) is 17.1 Å². The van der Waals surface area contributed by atoms with Gasteiger partial charge in [-0.3, -0.25) is 9.78 Å². The number of carbonyl (C=O) groups is 1. The molecule has 0 fully saturated rings. The average Bonchev–Trinajstić information content (AvgIpc) is 3.26. The molecule has 0 aliphatic rings. The van der Waals surface area contributed by atoms with Crippen LogP contribution in [0.2, 0.25) is 0 Å². The molecule has 8 heteroatoms. The van der Waals surface area contributed by atoms with E-state index >= 15 is 0 Å². The number of thioether (sulfide) groups is 2. The number of anilines is 1. The average molecular weight is 476 g/mol. The van der Waals surface area contributed by atoms with Gasteiger partial charge in [0, 0.05) is 40.8 Å². The second-order valence-electron chi connectivity index (χ2n) is 7.43. The van der Waals surface area contributed by atoms with E-state index in [2.05, 4.69) is 52.5 Å². The Morgan fingerprint density at radius 1 is 1.03 bits per heavy atom. The second-order valence-corrected chi connectivity index (χ2v) is 9.42. The topological polar surface area (TPSA) is 72.7 Å². The van der Waals surface area contributed by atoms with Gasteiger partial charge in [0.1, 0.15) is 0 Å². The molecule has 0 saturated heterocycles. The Hall–Kier alpha value is -3.10. The second kappa shape index (κ2) is 11.2. The smallest absolute Gasteiger partial charge is 0.234 e. The van der Waals surface area contributed by atoms with Crippen molar-refractivity contribution in [1.29, 1.82) is 0 Å². The third-order valence-corrected chi connectivity index (χ3v) is 6.96. The Balaban J connectivity index is 1.31. The van der Waals surface area contributed by atoms with Crippen molar-refractivity contribution in [3.8, 4) is 11.4 Å². The van der Waals surface area contributed by atoms with E-state index in [4.69, 9.17) is 0 Å². The number of benzene rings is 2. The van der Waals surface area contributed by atoms with Crippen molar-refractivity contribution in [2.45, 2.75) is 36.2 Å². The van der Waals surface area contributed by atoms with Gasteiger partial charge in [-0.25, -0.2) is 0 Å². The van der Waals surface area contributed by atoms with Crippen LogP contribution in [0.15, 0.2) is 83.1 Å². The van der Waals surface area contributed by atoms with Gasteiger partial charge in [0.15, 0.2) is 11.0 Å². The molecule has 0 atom stereocenters. The van der Waals surface area contributed by atoms with Gasteiger partial charge in [-0.15, -0.1) is 22.0 Å². The molecule has 2 aromatic carbocycles. The molecular formula is C25H25N5OS2. The molecule has 0 radical (unpaired) electrons. The summed E-state index contributed by atoms with van der Waals surface area (Å²) in [5.41, 5.74) is 4.17. The molecule has 1 N–H and O–H groups in total. The first-order valence-electron chi connectivity index (χ1n) is 10.7. The minimum atomic E-state index is -0.0708. The molecule has 168 valence electrons. The lowest BCUT2D eigenvalue weighted by Crippen LogP contribution is -2.14. The Morgan fingerprint density at radius 2 is 1.88 bits per heavy atom. The van der Waals surface area contributed by atoms with Gasteiger partial charge in [-0.2, -0.15) is 0 Å². The number of nitrogens with one attached hydrogen (secondary N) is 1. The van der Waals surface area contributed by atoms with Crippen LogP contribution in [-0.4, -0.2) is 31.4 Å². The summed E-state index contributed by atoms with van der Waals surface area (Å²) in [5, 5.41) is 12.4. The normalized spacial score (nSPS) is 10.8. The molecule has 33 heavy (non-hydrogen) atoms. The Kier molecular flexibility index (Phi) is 7.80. The first-order chi connectivity index (χ1) is 16.1. The molecule has 6 nitrogen and oxygen atoms in total. The molecule has 0 saturated carbocycles. The van der Waals surface area contributed by atoms with E-state index in [9.17, 15) is 4.79 Å². The van der Waals surface area contributed by atoms with E-state index in [1.165, 1.54) is 22.9 Å². The van der Waals surface area contributed by atoms with E-state index < -0.39 is 0 Å². The van der Waals surface area contributed by atoms with Crippen LogP contribution in [0.1, 0.15) is 18.1 Å². The van der Waals surface area contributed by atoms with Crippen molar-refractivity contribution in [2.75, 3.05) is 11.1 Å². The van der Waals surface area contributed by atoms with Crippen molar-refractivity contribution in [3.63, 3.8) is 0 Å². The number of aryl methyl sites for hydroxylation is 1. The highest BCUT2D eigenvalue weighted by atomic mass is 32.2. The number of amides is 1. The predicted molar refractivity (Wildman–Crippen MR) is 135 cm³/mol. The maximum absolute atomic E-state index is 12.5. The summed E-state index contributed by atoms with van der Waals surface area (Å²) in [4.78, 5) is 17.8. The van der Waals surface area contributed by atoms with Crippen molar-refractivity contribution in [1.82, 2.24) is 19.7 Å². The molecule has 0 spiro atoms. The highest BCUT2D eigenvalue weighted by Crippen LogP contribution is 2.26. The van der Waals surface area contributed by atoms with E-state index in [1.807, 2.05) is 53.2 Å². The zero-order valence-corrected chi connectivity index (χ0v) is 20.2. The zero-order valence-electron chi connectivity index (χ0n) is 18.6. The van der Waals surface area contributed by atoms with Crippen LogP contribution in [0.5, 0.6) is 0 Å². The van der Waals surface area contributed by atoms with E-state index in [0.29, 0.717) is 0 Å². The van der Waals surface area contributed by atoms with Crippen LogP contribution in [0.3, 0.4) is 0 Å². The molecule has 0 aliphatic carbocycles. The number of hydrogen-bond donors (Lipinski definition) is 1. The standard InChI is InChI=1S/C25H25N5OS2/c1-3-30-24(20-8-4-6-18(2)14-20)28-29-25(30)33-17-23(31)27-21-9-11-22(12-10-21)32-16-19-7-5-13-26-15-19/h4-15H,3,16-17H2,1-2H3,(H,27,31). The lowest BCUT2D eigenvalue weighted by molar-refractivity contribution is -0.113. The largest absolute Gasteiger partial charge is 0.325 e. The quantitative estimate of drug-likeness (QED) is 0.314. The van der Waals surface area contributed by atoms with E-state index in [1.54, 1.807) is 18.0 Å². The molecule has 2 aromatic heterocycles. The fraction of sp³-hybridized carbons (Fsp3) is 0.200. The number of nitrogens with zero attached hydrogens (tertiary/aromatic N) is 4. The maximum atomic E-state index is 12.5. The summed E-state index contributed by atoms with van der Waals surface area (Å²) < 4.78 is 2.04. The molecule has 4 aromatic rings. The zero-order chi connectivity index (χ0) is 23.0. The Bertz CT molecular complexity index is 1210. The fourth-order valence-corrected chi connectivity index (χ4v) is 4.93. The first kappa shape index (κ1) is 23.1. The molecule has 4 rings (SSSR count). The van der Waals surface area contributed by atoms with Crippen molar-refractivity contribution >= 4 is 35.1 Å². The van der Waals surface area contributed by atoms with Gasteiger partial charge in [0.2, 0.25) is 5.91 Å². The van der Waals surface area contributed by atoms with Crippen molar-refractivity contribution in [3.05, 3.63) is 84.2 Å². The summed E-state index contributed by atoms with van der Waals surface area (Å²) in [5.74, 6) is 1.88. The summed E-state index contributed by atoms with van der Waals surface area (Å²) in [6.07, 6.45) is 3.65. The number of rotatable bonds is 9. The maximum Gasteiger partial charge on any atom is 0.234 e. The van der Waals surface area contributed by atoms with Crippen molar-refractivity contribution in [2.24, 2.45) is 0 Å². The van der Waals surface area contributed by atoms with E-state index in [0.717, 1.165) is 39.4 Å². The number of aromatic nitrogens is 4. The minimum absolute atomic E-state index is 0.0708. The van der Waals surface area contributed by atoms with Crippen LogP contribution in [0, 0.1) is 6.92 Å². The fourth-order valence-electron chi connectivity index (χ4n) is 3.29. The van der Waals surface area contributed by atoms with Gasteiger partial charge in [0.05, 0.1) is 5.75 Å². The predicted octanol–water partition coefficient (Wildman–Crippen LogP) is 5.69. The highest BCUT2D eigenvalue weighted by molar-refractivity contribution is 7.99. The van der Waals surface area contributed by atoms with Crippen LogP contribution in [0.25, 0.3) is 11.4 Å².